The van der Waals surface area contributed by atoms with Crippen molar-refractivity contribution in [2.75, 3.05) is 14.2 Å². The van der Waals surface area contributed by atoms with Crippen molar-refractivity contribution in [2.24, 2.45) is 5.92 Å². The van der Waals surface area contributed by atoms with E-state index in [-0.39, 0.29) is 18.9 Å². The van der Waals surface area contributed by atoms with E-state index >= 15 is 0 Å². The Labute approximate surface area is 168 Å². The Morgan fingerprint density at radius 2 is 1.83 bits per heavy atom. The maximum Gasteiger partial charge on any atom is 0.326 e. The molecule has 0 radical (unpaired) electrons. The van der Waals surface area contributed by atoms with Crippen LogP contribution in [-0.2, 0) is 16.1 Å². The Balaban J connectivity index is 2.24. The number of carboxylic acid groups (broad SMARTS) is 1. The van der Waals surface area contributed by atoms with E-state index in [1.807, 2.05) is 13.8 Å². The van der Waals surface area contributed by atoms with Crippen LogP contribution in [0, 0.1) is 5.92 Å². The number of carbonyl (C=O) groups is 2. The number of rotatable bonds is 9. The van der Waals surface area contributed by atoms with Crippen LogP contribution in [0.1, 0.15) is 20.3 Å². The third-order valence-corrected chi connectivity index (χ3v) is 4.18. The van der Waals surface area contributed by atoms with Gasteiger partial charge in [-0.15, -0.1) is 0 Å². The molecule has 0 spiro atoms. The zero-order valence-electron chi connectivity index (χ0n) is 16.8. The van der Waals surface area contributed by atoms with E-state index < -0.39 is 23.5 Å². The van der Waals surface area contributed by atoms with Gasteiger partial charge in [-0.1, -0.05) is 13.8 Å². The van der Waals surface area contributed by atoms with Crippen molar-refractivity contribution in [1.82, 2.24) is 15.1 Å². The topological polar surface area (TPSA) is 120 Å². The molecule has 0 bridgehead atoms. The summed E-state index contributed by atoms with van der Waals surface area (Å²) in [5.41, 5.74) is 0.649. The van der Waals surface area contributed by atoms with Crippen LogP contribution in [0.15, 0.2) is 35.1 Å². The van der Waals surface area contributed by atoms with Gasteiger partial charge in [0.2, 0.25) is 5.91 Å². The van der Waals surface area contributed by atoms with Crippen molar-refractivity contribution in [3.8, 4) is 22.8 Å². The Morgan fingerprint density at radius 3 is 2.41 bits per heavy atom. The standard InChI is InChI=1S/C20H25N3O6/c1-12(2)9-15(20(26)27)21-18(24)11-23-19(25)8-6-14(22-23)13-5-7-16(28-3)17(10-13)29-4/h5-8,10,12,15H,9,11H2,1-4H3,(H,21,24)(H,26,27)/t15-/m1/s1. The van der Waals surface area contributed by atoms with E-state index in [0.717, 1.165) is 4.68 Å². The molecule has 0 aliphatic rings. The number of amides is 1. The molecule has 1 aromatic heterocycles. The third kappa shape index (κ3) is 5.81. The lowest BCUT2D eigenvalue weighted by molar-refractivity contribution is -0.142. The van der Waals surface area contributed by atoms with Crippen molar-refractivity contribution in [2.45, 2.75) is 32.9 Å². The normalized spacial score (nSPS) is 11.8. The minimum absolute atomic E-state index is 0.0885. The van der Waals surface area contributed by atoms with Crippen LogP contribution in [0.25, 0.3) is 11.3 Å². The van der Waals surface area contributed by atoms with Crippen LogP contribution in [0.3, 0.4) is 0 Å². The van der Waals surface area contributed by atoms with Gasteiger partial charge in [-0.3, -0.25) is 9.59 Å². The van der Waals surface area contributed by atoms with E-state index in [1.54, 1.807) is 18.2 Å². The molecule has 2 rings (SSSR count). The van der Waals surface area contributed by atoms with Crippen LogP contribution >= 0.6 is 0 Å². The summed E-state index contributed by atoms with van der Waals surface area (Å²) in [4.78, 5) is 35.7. The van der Waals surface area contributed by atoms with Crippen molar-refractivity contribution in [1.29, 1.82) is 0 Å². The van der Waals surface area contributed by atoms with Crippen molar-refractivity contribution in [3.05, 3.63) is 40.7 Å². The SMILES string of the molecule is COc1ccc(-c2ccc(=O)n(CC(=O)N[C@H](CC(C)C)C(=O)O)n2)cc1OC. The fraction of sp³-hybridized carbons (Fsp3) is 0.400. The minimum Gasteiger partial charge on any atom is -0.493 e. The summed E-state index contributed by atoms with van der Waals surface area (Å²) in [7, 11) is 3.04. The summed E-state index contributed by atoms with van der Waals surface area (Å²) in [5, 5.41) is 15.9. The molecule has 2 aromatic rings. The van der Waals surface area contributed by atoms with E-state index in [0.29, 0.717) is 22.8 Å². The molecule has 9 nitrogen and oxygen atoms in total. The molecule has 9 heteroatoms. The first-order valence-corrected chi connectivity index (χ1v) is 9.07. The van der Waals surface area contributed by atoms with Crippen molar-refractivity contribution < 1.29 is 24.2 Å². The number of benzene rings is 1. The molecule has 1 aromatic carbocycles. The first-order chi connectivity index (χ1) is 13.7. The number of nitrogens with zero attached hydrogens (tertiary/aromatic N) is 2. The van der Waals surface area contributed by atoms with Crippen molar-refractivity contribution in [3.63, 3.8) is 0 Å². The monoisotopic (exact) mass is 403 g/mol. The van der Waals surface area contributed by atoms with Crippen LogP contribution in [0.2, 0.25) is 0 Å². The third-order valence-electron chi connectivity index (χ3n) is 4.18. The molecule has 2 N–H and O–H groups in total. The summed E-state index contributed by atoms with van der Waals surface area (Å²) in [6.45, 7) is 3.34. The Bertz CT molecular complexity index is 938. The molecule has 1 atom stereocenters. The maximum atomic E-state index is 12.3. The summed E-state index contributed by atoms with van der Waals surface area (Å²) in [6.07, 6.45) is 0.287. The van der Waals surface area contributed by atoms with Crippen LogP contribution in [0.5, 0.6) is 11.5 Å². The van der Waals surface area contributed by atoms with Crippen LogP contribution < -0.4 is 20.3 Å². The van der Waals surface area contributed by atoms with E-state index in [1.165, 1.54) is 26.4 Å². The molecular weight excluding hydrogens is 378 g/mol. The van der Waals surface area contributed by atoms with Gasteiger partial charge in [0, 0.05) is 11.6 Å². The number of carboxylic acids is 1. The second-order valence-corrected chi connectivity index (χ2v) is 6.87. The number of hydrogen-bond donors (Lipinski definition) is 2. The number of carbonyl (C=O) groups excluding carboxylic acids is 1. The molecule has 0 unspecified atom stereocenters. The molecule has 1 amide bonds. The summed E-state index contributed by atoms with van der Waals surface area (Å²) < 4.78 is 11.5. The molecule has 0 aliphatic heterocycles. The number of ether oxygens (including phenoxy) is 2. The molecule has 156 valence electrons. The average Bonchev–Trinajstić information content (AvgIpc) is 2.68. The zero-order valence-corrected chi connectivity index (χ0v) is 16.8. The molecule has 1 heterocycles. The zero-order chi connectivity index (χ0) is 21.6. The Hall–Kier alpha value is -3.36. The molecule has 0 aliphatic carbocycles. The number of nitrogens with one attached hydrogen (secondary N) is 1. The second kappa shape index (κ2) is 9.72. The number of methoxy groups -OCH3 is 2. The predicted octanol–water partition coefficient (Wildman–Crippen LogP) is 1.54. The fourth-order valence-electron chi connectivity index (χ4n) is 2.78. The highest BCUT2D eigenvalue weighted by atomic mass is 16.5. The number of hydrogen-bond acceptors (Lipinski definition) is 6. The summed E-state index contributed by atoms with van der Waals surface area (Å²) in [6, 6.07) is 6.99. The Kier molecular flexibility index (Phi) is 7.35. The van der Waals surface area contributed by atoms with Gasteiger partial charge >= 0.3 is 5.97 Å². The minimum atomic E-state index is -1.12. The number of aromatic nitrogens is 2. The maximum absolute atomic E-state index is 12.3. The first kappa shape index (κ1) is 21.9. The lowest BCUT2D eigenvalue weighted by Gasteiger charge is -2.16. The Morgan fingerprint density at radius 1 is 1.14 bits per heavy atom. The molecule has 29 heavy (non-hydrogen) atoms. The van der Waals surface area contributed by atoms with E-state index in [9.17, 15) is 19.5 Å². The van der Waals surface area contributed by atoms with Gasteiger partial charge in [0.25, 0.3) is 5.56 Å². The highest BCUT2D eigenvalue weighted by Crippen LogP contribution is 2.31. The first-order valence-electron chi connectivity index (χ1n) is 9.07. The van der Waals surface area contributed by atoms with Gasteiger partial charge in [0.15, 0.2) is 11.5 Å². The highest BCUT2D eigenvalue weighted by Gasteiger charge is 2.21. The van der Waals surface area contributed by atoms with Crippen molar-refractivity contribution >= 4 is 11.9 Å². The molecule has 0 saturated carbocycles. The molecular formula is C20H25N3O6. The van der Waals surface area contributed by atoms with Crippen LogP contribution in [0.4, 0.5) is 0 Å². The predicted molar refractivity (Wildman–Crippen MR) is 106 cm³/mol. The highest BCUT2D eigenvalue weighted by molar-refractivity contribution is 5.83. The van der Waals surface area contributed by atoms with E-state index in [4.69, 9.17) is 9.47 Å². The van der Waals surface area contributed by atoms with Gasteiger partial charge in [0.05, 0.1) is 19.9 Å². The van der Waals surface area contributed by atoms with Crippen LogP contribution in [-0.4, -0.2) is 47.0 Å². The van der Waals surface area contributed by atoms with Gasteiger partial charge in [-0.2, -0.15) is 5.10 Å². The van der Waals surface area contributed by atoms with Gasteiger partial charge in [-0.05, 0) is 36.6 Å². The number of aliphatic carboxylic acids is 1. The summed E-state index contributed by atoms with van der Waals surface area (Å²) in [5.74, 6) is -0.580. The smallest absolute Gasteiger partial charge is 0.326 e. The average molecular weight is 403 g/mol. The largest absolute Gasteiger partial charge is 0.493 e. The van der Waals surface area contributed by atoms with Gasteiger partial charge in [0.1, 0.15) is 12.6 Å². The lowest BCUT2D eigenvalue weighted by atomic mass is 10.0. The molecule has 0 saturated heterocycles. The lowest BCUT2D eigenvalue weighted by Crippen LogP contribution is -2.44. The van der Waals surface area contributed by atoms with Gasteiger partial charge < -0.3 is 19.9 Å². The van der Waals surface area contributed by atoms with E-state index in [2.05, 4.69) is 10.4 Å². The van der Waals surface area contributed by atoms with Gasteiger partial charge in [-0.25, -0.2) is 9.48 Å². The second-order valence-electron chi connectivity index (χ2n) is 6.87. The quantitative estimate of drug-likeness (QED) is 0.652. The molecule has 0 fully saturated rings. The summed E-state index contributed by atoms with van der Waals surface area (Å²) >= 11 is 0. The fourth-order valence-corrected chi connectivity index (χ4v) is 2.78.